The average molecular weight is 273 g/mol. The fourth-order valence-electron chi connectivity index (χ4n) is 1.93. The second kappa shape index (κ2) is 6.86. The minimum Gasteiger partial charge on any atom is -0.394 e. The van der Waals surface area contributed by atoms with E-state index in [2.05, 4.69) is 10.4 Å². The topological polar surface area (TPSA) is 67.2 Å². The summed E-state index contributed by atoms with van der Waals surface area (Å²) in [5, 5.41) is 16.0. The summed E-state index contributed by atoms with van der Waals surface area (Å²) in [6.45, 7) is 1.90. The fourth-order valence-corrected chi connectivity index (χ4v) is 1.93. The first kappa shape index (κ1) is 14.3. The Bertz CT molecular complexity index is 531. The molecule has 0 saturated heterocycles. The molecule has 0 aliphatic heterocycles. The predicted octanol–water partition coefficient (Wildman–Crippen LogP) is 1.30. The zero-order chi connectivity index (χ0) is 14.4. The lowest BCUT2D eigenvalue weighted by Gasteiger charge is -2.14. The van der Waals surface area contributed by atoms with Crippen LogP contribution in [0.15, 0.2) is 42.7 Å². The molecule has 20 heavy (non-hydrogen) atoms. The Kier molecular flexibility index (Phi) is 4.90. The van der Waals surface area contributed by atoms with Gasteiger partial charge >= 0.3 is 0 Å². The number of carbonyl (C=O) groups is 1. The van der Waals surface area contributed by atoms with Crippen LogP contribution in [0.4, 0.5) is 0 Å². The Morgan fingerprint density at radius 2 is 2.15 bits per heavy atom. The van der Waals surface area contributed by atoms with Gasteiger partial charge in [0.05, 0.1) is 24.8 Å². The molecule has 2 aromatic rings. The number of aromatic nitrogens is 2. The van der Waals surface area contributed by atoms with E-state index in [1.54, 1.807) is 10.9 Å². The van der Waals surface area contributed by atoms with Crippen molar-refractivity contribution in [3.8, 4) is 5.69 Å². The number of nitrogens with zero attached hydrogens (tertiary/aromatic N) is 2. The maximum Gasteiger partial charge on any atom is 0.224 e. The lowest BCUT2D eigenvalue weighted by molar-refractivity contribution is -0.121. The molecule has 0 aliphatic rings. The van der Waals surface area contributed by atoms with Crippen molar-refractivity contribution < 1.29 is 9.90 Å². The fraction of sp³-hybridized carbons (Fsp3) is 0.333. The first-order valence-corrected chi connectivity index (χ1v) is 6.72. The molecule has 1 unspecified atom stereocenters. The van der Waals surface area contributed by atoms with Gasteiger partial charge in [0.1, 0.15) is 0 Å². The summed E-state index contributed by atoms with van der Waals surface area (Å²) in [7, 11) is 0. The number of aliphatic hydroxyl groups excluding tert-OH is 1. The van der Waals surface area contributed by atoms with Crippen molar-refractivity contribution in [2.75, 3.05) is 6.61 Å². The highest BCUT2D eigenvalue weighted by molar-refractivity contribution is 5.78. The van der Waals surface area contributed by atoms with E-state index in [1.807, 2.05) is 43.5 Å². The summed E-state index contributed by atoms with van der Waals surface area (Å²) < 4.78 is 1.77. The summed E-state index contributed by atoms with van der Waals surface area (Å²) in [6.07, 6.45) is 4.63. The molecule has 5 heteroatoms. The zero-order valence-corrected chi connectivity index (χ0v) is 11.5. The Balaban J connectivity index is 1.95. The van der Waals surface area contributed by atoms with Crippen molar-refractivity contribution >= 4 is 5.91 Å². The summed E-state index contributed by atoms with van der Waals surface area (Å²) in [5.41, 5.74) is 1.90. The molecule has 0 saturated carbocycles. The summed E-state index contributed by atoms with van der Waals surface area (Å²) in [6, 6.07) is 9.39. The highest BCUT2D eigenvalue weighted by Gasteiger charge is 2.09. The van der Waals surface area contributed by atoms with Crippen molar-refractivity contribution in [1.29, 1.82) is 0 Å². The molecule has 0 bridgehead atoms. The molecule has 1 aromatic carbocycles. The maximum absolute atomic E-state index is 11.8. The third kappa shape index (κ3) is 3.68. The lowest BCUT2D eigenvalue weighted by atomic mass is 10.1. The summed E-state index contributed by atoms with van der Waals surface area (Å²) in [5.74, 6) is -0.0715. The van der Waals surface area contributed by atoms with Gasteiger partial charge < -0.3 is 10.4 Å². The van der Waals surface area contributed by atoms with E-state index in [0.717, 1.165) is 17.7 Å². The van der Waals surface area contributed by atoms with Gasteiger partial charge in [-0.3, -0.25) is 4.79 Å². The Morgan fingerprint density at radius 3 is 2.70 bits per heavy atom. The molecule has 2 rings (SSSR count). The third-order valence-electron chi connectivity index (χ3n) is 3.15. The summed E-state index contributed by atoms with van der Waals surface area (Å²) in [4.78, 5) is 11.8. The maximum atomic E-state index is 11.8. The zero-order valence-electron chi connectivity index (χ0n) is 11.5. The van der Waals surface area contributed by atoms with E-state index in [0.29, 0.717) is 6.42 Å². The number of hydrogen-bond donors (Lipinski definition) is 2. The molecular formula is C15H19N3O2. The van der Waals surface area contributed by atoms with E-state index in [9.17, 15) is 4.79 Å². The molecule has 1 atom stereocenters. The van der Waals surface area contributed by atoms with Crippen LogP contribution in [-0.4, -0.2) is 33.4 Å². The quantitative estimate of drug-likeness (QED) is 0.833. The molecule has 2 N–H and O–H groups in total. The SMILES string of the molecule is CCC(CO)NC(=O)Cc1ccc(-n2cccn2)cc1. The average Bonchev–Trinajstić information content (AvgIpc) is 2.99. The number of carbonyl (C=O) groups excluding carboxylic acids is 1. The molecule has 5 nitrogen and oxygen atoms in total. The van der Waals surface area contributed by atoms with Gasteiger partial charge in [-0.1, -0.05) is 19.1 Å². The number of amides is 1. The summed E-state index contributed by atoms with van der Waals surface area (Å²) >= 11 is 0. The van der Waals surface area contributed by atoms with Gasteiger partial charge in [0.2, 0.25) is 5.91 Å². The molecule has 1 aromatic heterocycles. The normalized spacial score (nSPS) is 12.1. The standard InChI is InChI=1S/C15H19N3O2/c1-2-13(11-19)17-15(20)10-12-4-6-14(7-5-12)18-9-3-8-16-18/h3-9,13,19H,2,10-11H2,1H3,(H,17,20). The smallest absolute Gasteiger partial charge is 0.224 e. The second-order valence-electron chi connectivity index (χ2n) is 4.65. The number of benzene rings is 1. The van der Waals surface area contributed by atoms with Crippen LogP contribution in [0.5, 0.6) is 0 Å². The van der Waals surface area contributed by atoms with Gasteiger partial charge in [-0.15, -0.1) is 0 Å². The van der Waals surface area contributed by atoms with Crippen LogP contribution in [0.25, 0.3) is 5.69 Å². The van der Waals surface area contributed by atoms with Crippen LogP contribution >= 0.6 is 0 Å². The van der Waals surface area contributed by atoms with Gasteiger partial charge in [0, 0.05) is 12.4 Å². The van der Waals surface area contributed by atoms with Gasteiger partial charge in [0.25, 0.3) is 0 Å². The molecular weight excluding hydrogens is 254 g/mol. The Morgan fingerprint density at radius 1 is 1.40 bits per heavy atom. The van der Waals surface area contributed by atoms with Gasteiger partial charge in [-0.05, 0) is 30.2 Å². The van der Waals surface area contributed by atoms with Crippen LogP contribution in [0, 0.1) is 0 Å². The van der Waals surface area contributed by atoms with Gasteiger partial charge in [-0.25, -0.2) is 4.68 Å². The molecule has 0 aliphatic carbocycles. The molecule has 0 spiro atoms. The van der Waals surface area contributed by atoms with Crippen molar-refractivity contribution in [3.63, 3.8) is 0 Å². The Hall–Kier alpha value is -2.14. The van der Waals surface area contributed by atoms with Gasteiger partial charge in [-0.2, -0.15) is 5.10 Å². The molecule has 1 heterocycles. The van der Waals surface area contributed by atoms with E-state index < -0.39 is 0 Å². The van der Waals surface area contributed by atoms with E-state index >= 15 is 0 Å². The van der Waals surface area contributed by atoms with Crippen LogP contribution < -0.4 is 5.32 Å². The van der Waals surface area contributed by atoms with Gasteiger partial charge in [0.15, 0.2) is 0 Å². The highest BCUT2D eigenvalue weighted by Crippen LogP contribution is 2.09. The monoisotopic (exact) mass is 273 g/mol. The van der Waals surface area contributed by atoms with Crippen molar-refractivity contribution in [1.82, 2.24) is 15.1 Å². The van der Waals surface area contributed by atoms with E-state index in [4.69, 9.17) is 5.11 Å². The second-order valence-corrected chi connectivity index (χ2v) is 4.65. The predicted molar refractivity (Wildman–Crippen MR) is 76.6 cm³/mol. The first-order chi connectivity index (χ1) is 9.72. The molecule has 1 amide bonds. The third-order valence-corrected chi connectivity index (χ3v) is 3.15. The highest BCUT2D eigenvalue weighted by atomic mass is 16.3. The number of hydrogen-bond acceptors (Lipinski definition) is 3. The molecule has 0 fully saturated rings. The molecule has 0 radical (unpaired) electrons. The van der Waals surface area contributed by atoms with Crippen LogP contribution in [-0.2, 0) is 11.2 Å². The molecule has 106 valence electrons. The Labute approximate surface area is 118 Å². The number of aliphatic hydroxyl groups is 1. The van der Waals surface area contributed by atoms with Crippen molar-refractivity contribution in [3.05, 3.63) is 48.3 Å². The lowest BCUT2D eigenvalue weighted by Crippen LogP contribution is -2.37. The number of rotatable bonds is 6. The van der Waals surface area contributed by atoms with Crippen LogP contribution in [0.1, 0.15) is 18.9 Å². The van der Waals surface area contributed by atoms with Crippen LogP contribution in [0.3, 0.4) is 0 Å². The van der Waals surface area contributed by atoms with Crippen molar-refractivity contribution in [2.24, 2.45) is 0 Å². The van der Waals surface area contributed by atoms with Crippen LogP contribution in [0.2, 0.25) is 0 Å². The minimum atomic E-state index is -0.161. The van der Waals surface area contributed by atoms with E-state index in [1.165, 1.54) is 0 Å². The van der Waals surface area contributed by atoms with Crippen molar-refractivity contribution in [2.45, 2.75) is 25.8 Å². The largest absolute Gasteiger partial charge is 0.394 e. The van der Waals surface area contributed by atoms with E-state index in [-0.39, 0.29) is 18.6 Å². The minimum absolute atomic E-state index is 0.0273. The number of nitrogens with one attached hydrogen (secondary N) is 1. The first-order valence-electron chi connectivity index (χ1n) is 6.72.